The molecule has 0 aliphatic carbocycles. The van der Waals surface area contributed by atoms with E-state index < -0.39 is 5.97 Å². The van der Waals surface area contributed by atoms with Crippen LogP contribution in [0.4, 0.5) is 11.4 Å². The number of nitrogens with one attached hydrogen (secondary N) is 1. The van der Waals surface area contributed by atoms with Crippen molar-refractivity contribution >= 4 is 46.5 Å². The summed E-state index contributed by atoms with van der Waals surface area (Å²) in [4.78, 5) is 29.6. The van der Waals surface area contributed by atoms with E-state index in [0.717, 1.165) is 44.0 Å². The molecule has 3 aromatic carbocycles. The van der Waals surface area contributed by atoms with E-state index in [1.54, 1.807) is 31.2 Å². The van der Waals surface area contributed by atoms with Gasteiger partial charge in [-0.25, -0.2) is 4.79 Å². The molecule has 0 bridgehead atoms. The van der Waals surface area contributed by atoms with Gasteiger partial charge in [0, 0.05) is 37.7 Å². The van der Waals surface area contributed by atoms with Gasteiger partial charge in [-0.3, -0.25) is 9.69 Å². The number of anilines is 2. The largest absolute Gasteiger partial charge is 0.482 e. The molecule has 1 heterocycles. The highest BCUT2D eigenvalue weighted by atomic mass is 35.5. The number of aryl methyl sites for hydroxylation is 1. The average Bonchev–Trinajstić information content (AvgIpc) is 2.88. The van der Waals surface area contributed by atoms with E-state index in [1.807, 2.05) is 12.1 Å². The molecule has 7 nitrogen and oxygen atoms in total. The lowest BCUT2D eigenvalue weighted by atomic mass is 10.1. The first-order chi connectivity index (χ1) is 17.8. The number of halogens is 2. The third kappa shape index (κ3) is 6.95. The van der Waals surface area contributed by atoms with Crippen LogP contribution in [0.1, 0.15) is 21.5 Å². The van der Waals surface area contributed by atoms with Crippen molar-refractivity contribution in [2.75, 3.05) is 50.1 Å². The number of esters is 1. The lowest BCUT2D eigenvalue weighted by Gasteiger charge is -2.37. The first kappa shape index (κ1) is 26.8. The predicted octanol–water partition coefficient (Wildman–Crippen LogP) is 5.43. The van der Waals surface area contributed by atoms with Crippen molar-refractivity contribution in [2.24, 2.45) is 0 Å². The molecule has 37 heavy (non-hydrogen) atoms. The van der Waals surface area contributed by atoms with Crippen LogP contribution in [0.3, 0.4) is 0 Å². The maximum Gasteiger partial charge on any atom is 0.337 e. The summed E-state index contributed by atoms with van der Waals surface area (Å²) >= 11 is 12.3. The van der Waals surface area contributed by atoms with Gasteiger partial charge >= 0.3 is 5.97 Å². The molecule has 0 aromatic heterocycles. The summed E-state index contributed by atoms with van der Waals surface area (Å²) in [6, 6.07) is 18.9. The number of methoxy groups -OCH3 is 1. The first-order valence-electron chi connectivity index (χ1n) is 12.0. The van der Waals surface area contributed by atoms with Crippen molar-refractivity contribution in [1.29, 1.82) is 0 Å². The standard InChI is InChI=1S/C28H29Cl2N3O4/c1-19-14-22(29)16-23(30)27(19)37-18-26(34)31-24-15-21(28(35)36-2)8-9-25(24)33-12-10-32(11-13-33)17-20-6-4-3-5-7-20/h3-9,14-16H,10-13,17-18H2,1-2H3,(H,31,34). The van der Waals surface area contributed by atoms with Gasteiger partial charge in [-0.05, 0) is 48.4 Å². The number of hydrogen-bond acceptors (Lipinski definition) is 6. The molecule has 1 aliphatic heterocycles. The van der Waals surface area contributed by atoms with Gasteiger partial charge in [0.05, 0.1) is 29.1 Å². The zero-order chi connectivity index (χ0) is 26.4. The third-order valence-electron chi connectivity index (χ3n) is 6.20. The minimum absolute atomic E-state index is 0.255. The Bertz CT molecular complexity index is 1240. The molecule has 4 rings (SSSR count). The van der Waals surface area contributed by atoms with E-state index in [0.29, 0.717) is 27.0 Å². The number of nitrogens with zero attached hydrogens (tertiary/aromatic N) is 2. The van der Waals surface area contributed by atoms with Crippen LogP contribution in [0, 0.1) is 6.92 Å². The van der Waals surface area contributed by atoms with Gasteiger partial charge in [-0.1, -0.05) is 53.5 Å². The van der Waals surface area contributed by atoms with E-state index in [1.165, 1.54) is 12.7 Å². The van der Waals surface area contributed by atoms with Crippen LogP contribution in [0.5, 0.6) is 5.75 Å². The molecular weight excluding hydrogens is 513 g/mol. The van der Waals surface area contributed by atoms with Crippen LogP contribution in [0.25, 0.3) is 0 Å². The summed E-state index contributed by atoms with van der Waals surface area (Å²) in [5, 5.41) is 3.73. The number of carbonyl (C=O) groups excluding carboxylic acids is 2. The second kappa shape index (κ2) is 12.3. The number of amides is 1. The summed E-state index contributed by atoms with van der Waals surface area (Å²) in [6.45, 7) is 5.75. The van der Waals surface area contributed by atoms with E-state index >= 15 is 0 Å². The fourth-order valence-corrected chi connectivity index (χ4v) is 4.99. The lowest BCUT2D eigenvalue weighted by molar-refractivity contribution is -0.118. The highest BCUT2D eigenvalue weighted by Crippen LogP contribution is 2.32. The average molecular weight is 542 g/mol. The molecule has 0 spiro atoms. The van der Waals surface area contributed by atoms with Crippen molar-refractivity contribution in [3.63, 3.8) is 0 Å². The van der Waals surface area contributed by atoms with Crippen LogP contribution in [0.15, 0.2) is 60.7 Å². The first-order valence-corrected chi connectivity index (χ1v) is 12.7. The Labute approximate surface area is 226 Å². The summed E-state index contributed by atoms with van der Waals surface area (Å²) in [5.41, 5.74) is 3.71. The number of hydrogen-bond donors (Lipinski definition) is 1. The SMILES string of the molecule is COC(=O)c1ccc(N2CCN(Cc3ccccc3)CC2)c(NC(=O)COc2c(C)cc(Cl)cc2Cl)c1. The molecule has 0 radical (unpaired) electrons. The number of piperazine rings is 1. The molecule has 9 heteroatoms. The van der Waals surface area contributed by atoms with E-state index in [4.69, 9.17) is 32.7 Å². The van der Waals surface area contributed by atoms with Gasteiger partial charge < -0.3 is 19.7 Å². The van der Waals surface area contributed by atoms with Crippen molar-refractivity contribution < 1.29 is 19.1 Å². The fraction of sp³-hybridized carbons (Fsp3) is 0.286. The second-order valence-electron chi connectivity index (χ2n) is 8.84. The van der Waals surface area contributed by atoms with Crippen LogP contribution < -0.4 is 15.0 Å². The molecule has 0 saturated carbocycles. The smallest absolute Gasteiger partial charge is 0.337 e. The lowest BCUT2D eigenvalue weighted by Crippen LogP contribution is -2.46. The Morgan fingerprint density at radius 3 is 2.38 bits per heavy atom. The Kier molecular flexibility index (Phi) is 8.92. The third-order valence-corrected chi connectivity index (χ3v) is 6.69. The van der Waals surface area contributed by atoms with Gasteiger partial charge in [0.1, 0.15) is 5.75 Å². The molecule has 1 saturated heterocycles. The van der Waals surface area contributed by atoms with Crippen LogP contribution in [-0.2, 0) is 16.1 Å². The number of benzene rings is 3. The van der Waals surface area contributed by atoms with Gasteiger partial charge in [0.25, 0.3) is 5.91 Å². The van der Waals surface area contributed by atoms with Crippen LogP contribution in [-0.4, -0.2) is 56.7 Å². The Hall–Kier alpha value is -3.26. The maximum absolute atomic E-state index is 12.9. The number of ether oxygens (including phenoxy) is 2. The second-order valence-corrected chi connectivity index (χ2v) is 9.69. The Balaban J connectivity index is 1.45. The summed E-state index contributed by atoms with van der Waals surface area (Å²) in [5.74, 6) is -0.453. The molecule has 1 N–H and O–H groups in total. The predicted molar refractivity (Wildman–Crippen MR) is 147 cm³/mol. The molecule has 1 fully saturated rings. The normalized spacial score (nSPS) is 13.8. The molecule has 0 unspecified atom stereocenters. The van der Waals surface area contributed by atoms with Gasteiger partial charge in [0.2, 0.25) is 0 Å². The zero-order valence-corrected chi connectivity index (χ0v) is 22.3. The van der Waals surface area contributed by atoms with Crippen molar-refractivity contribution in [3.8, 4) is 5.75 Å². The van der Waals surface area contributed by atoms with Gasteiger partial charge in [0.15, 0.2) is 6.61 Å². The fourth-order valence-electron chi connectivity index (χ4n) is 4.34. The molecule has 3 aromatic rings. The van der Waals surface area contributed by atoms with E-state index in [9.17, 15) is 9.59 Å². The molecule has 0 atom stereocenters. The van der Waals surface area contributed by atoms with Gasteiger partial charge in [-0.15, -0.1) is 0 Å². The quantitative estimate of drug-likeness (QED) is 0.383. The molecule has 194 valence electrons. The molecule has 1 amide bonds. The van der Waals surface area contributed by atoms with E-state index in [-0.39, 0.29) is 12.5 Å². The van der Waals surface area contributed by atoms with Crippen LogP contribution >= 0.6 is 23.2 Å². The zero-order valence-electron chi connectivity index (χ0n) is 20.8. The molecular formula is C28H29Cl2N3O4. The minimum atomic E-state index is -0.477. The van der Waals surface area contributed by atoms with Crippen molar-refractivity contribution in [3.05, 3.63) is 87.4 Å². The highest BCUT2D eigenvalue weighted by molar-refractivity contribution is 6.35. The number of rotatable bonds is 8. The summed E-state index contributed by atoms with van der Waals surface area (Å²) < 4.78 is 10.6. The molecule has 1 aliphatic rings. The Morgan fingerprint density at radius 2 is 1.70 bits per heavy atom. The van der Waals surface area contributed by atoms with Gasteiger partial charge in [-0.2, -0.15) is 0 Å². The van der Waals surface area contributed by atoms with Crippen molar-refractivity contribution in [1.82, 2.24) is 4.90 Å². The summed E-state index contributed by atoms with van der Waals surface area (Å²) in [6.07, 6.45) is 0. The minimum Gasteiger partial charge on any atom is -0.482 e. The van der Waals surface area contributed by atoms with Crippen LogP contribution in [0.2, 0.25) is 10.0 Å². The number of carbonyl (C=O) groups is 2. The monoisotopic (exact) mass is 541 g/mol. The summed E-state index contributed by atoms with van der Waals surface area (Å²) in [7, 11) is 1.33. The van der Waals surface area contributed by atoms with Crippen molar-refractivity contribution in [2.45, 2.75) is 13.5 Å². The topological polar surface area (TPSA) is 71.1 Å². The Morgan fingerprint density at radius 1 is 0.973 bits per heavy atom. The van der Waals surface area contributed by atoms with E-state index in [2.05, 4.69) is 39.4 Å². The highest BCUT2D eigenvalue weighted by Gasteiger charge is 2.22. The maximum atomic E-state index is 12.9.